The fourth-order valence-electron chi connectivity index (χ4n) is 3.35. The largest absolute Gasteiger partial charge is 0.462 e. The average molecular weight is 506 g/mol. The number of sulfonamides is 1. The van der Waals surface area contributed by atoms with Gasteiger partial charge in [-0.05, 0) is 73.4 Å². The quantitative estimate of drug-likeness (QED) is 0.343. The maximum absolute atomic E-state index is 13.7. The van der Waals surface area contributed by atoms with Gasteiger partial charge in [0.15, 0.2) is 0 Å². The smallest absolute Gasteiger partial charge is 0.338 e. The first-order valence-electron chi connectivity index (χ1n) is 10.4. The molecule has 0 spiro atoms. The van der Waals surface area contributed by atoms with Crippen LogP contribution in [0.4, 0.5) is 0 Å². The highest BCUT2D eigenvalue weighted by Gasteiger charge is 2.27. The Hall–Kier alpha value is -2.38. The first-order chi connectivity index (χ1) is 15.6. The summed E-state index contributed by atoms with van der Waals surface area (Å²) in [6.45, 7) is 5.80. The lowest BCUT2D eigenvalue weighted by Gasteiger charge is -2.24. The van der Waals surface area contributed by atoms with Gasteiger partial charge in [0.1, 0.15) is 0 Å². The lowest BCUT2D eigenvalue weighted by Crippen LogP contribution is -2.31. The number of aryl methyl sites for hydroxylation is 2. The van der Waals surface area contributed by atoms with Crippen molar-refractivity contribution in [2.45, 2.75) is 38.8 Å². The van der Waals surface area contributed by atoms with Gasteiger partial charge in [0.25, 0.3) is 0 Å². The van der Waals surface area contributed by atoms with Crippen molar-refractivity contribution >= 4 is 39.2 Å². The van der Waals surface area contributed by atoms with Crippen LogP contribution in [0.2, 0.25) is 10.0 Å². The Morgan fingerprint density at radius 3 is 2.27 bits per heavy atom. The van der Waals surface area contributed by atoms with Crippen LogP contribution in [0, 0.1) is 13.8 Å². The molecule has 33 heavy (non-hydrogen) atoms. The third-order valence-electron chi connectivity index (χ3n) is 5.15. The first-order valence-corrected chi connectivity index (χ1v) is 12.6. The van der Waals surface area contributed by atoms with Gasteiger partial charge in [-0.3, -0.25) is 0 Å². The van der Waals surface area contributed by atoms with Gasteiger partial charge >= 0.3 is 5.97 Å². The van der Waals surface area contributed by atoms with Gasteiger partial charge in [-0.1, -0.05) is 53.5 Å². The molecule has 0 amide bonds. The first kappa shape index (κ1) is 25.2. The van der Waals surface area contributed by atoms with Gasteiger partial charge in [-0.2, -0.15) is 4.31 Å². The second kappa shape index (κ2) is 10.7. The Morgan fingerprint density at radius 1 is 0.939 bits per heavy atom. The highest BCUT2D eigenvalue weighted by molar-refractivity contribution is 7.89. The zero-order valence-corrected chi connectivity index (χ0v) is 21.0. The molecule has 3 aromatic rings. The van der Waals surface area contributed by atoms with Gasteiger partial charge in [0.2, 0.25) is 10.0 Å². The summed E-state index contributed by atoms with van der Waals surface area (Å²) in [6, 6.07) is 17.0. The van der Waals surface area contributed by atoms with Crippen LogP contribution < -0.4 is 0 Å². The summed E-state index contributed by atoms with van der Waals surface area (Å²) < 4.78 is 33.9. The minimum absolute atomic E-state index is 0.0609. The van der Waals surface area contributed by atoms with Crippen LogP contribution in [0.5, 0.6) is 0 Å². The van der Waals surface area contributed by atoms with E-state index in [1.165, 1.54) is 4.31 Å². The molecule has 0 saturated heterocycles. The van der Waals surface area contributed by atoms with E-state index in [1.807, 2.05) is 13.0 Å². The fourth-order valence-corrected chi connectivity index (χ4v) is 5.54. The molecule has 0 aliphatic heterocycles. The van der Waals surface area contributed by atoms with Crippen molar-refractivity contribution in [1.82, 2.24) is 4.31 Å². The Bertz CT molecular complexity index is 1260. The van der Waals surface area contributed by atoms with Crippen molar-refractivity contribution in [2.24, 2.45) is 0 Å². The molecule has 0 bridgehead atoms. The molecule has 8 heteroatoms. The molecular weight excluding hydrogens is 481 g/mol. The second-order valence-electron chi connectivity index (χ2n) is 7.70. The van der Waals surface area contributed by atoms with E-state index in [9.17, 15) is 13.2 Å². The molecule has 0 atom stereocenters. The topological polar surface area (TPSA) is 63.7 Å². The zero-order valence-electron chi connectivity index (χ0n) is 18.6. The van der Waals surface area contributed by atoms with Gasteiger partial charge < -0.3 is 4.74 Å². The summed E-state index contributed by atoms with van der Waals surface area (Å²) in [7, 11) is -3.86. The van der Waals surface area contributed by atoms with Gasteiger partial charge in [0, 0.05) is 23.1 Å². The third-order valence-corrected chi connectivity index (χ3v) is 7.67. The fraction of sp³-hybridized carbons (Fsp3) is 0.240. The highest BCUT2D eigenvalue weighted by atomic mass is 35.5. The van der Waals surface area contributed by atoms with Crippen LogP contribution in [0.3, 0.4) is 0 Å². The van der Waals surface area contributed by atoms with E-state index in [2.05, 4.69) is 0 Å². The van der Waals surface area contributed by atoms with E-state index in [0.29, 0.717) is 26.7 Å². The predicted octanol–water partition coefficient (Wildman–Crippen LogP) is 6.18. The van der Waals surface area contributed by atoms with Crippen LogP contribution in [-0.2, 0) is 27.8 Å². The molecule has 0 aromatic heterocycles. The van der Waals surface area contributed by atoms with Crippen molar-refractivity contribution in [2.75, 3.05) is 6.61 Å². The number of hydrogen-bond donors (Lipinski definition) is 0. The molecule has 5 nitrogen and oxygen atoms in total. The van der Waals surface area contributed by atoms with Crippen molar-refractivity contribution in [3.05, 3.63) is 98.5 Å². The summed E-state index contributed by atoms with van der Waals surface area (Å²) in [5.74, 6) is -0.420. The Kier molecular flexibility index (Phi) is 8.19. The molecule has 0 fully saturated rings. The number of rotatable bonds is 8. The van der Waals surface area contributed by atoms with Crippen molar-refractivity contribution < 1.29 is 17.9 Å². The number of ether oxygens (including phenoxy) is 1. The van der Waals surface area contributed by atoms with Crippen LogP contribution in [0.25, 0.3) is 0 Å². The number of benzene rings is 3. The molecule has 174 valence electrons. The molecule has 0 N–H and O–H groups in total. The predicted molar refractivity (Wildman–Crippen MR) is 131 cm³/mol. The highest BCUT2D eigenvalue weighted by Crippen LogP contribution is 2.28. The number of nitrogens with zero attached hydrogens (tertiary/aromatic N) is 1. The summed E-state index contributed by atoms with van der Waals surface area (Å²) in [5.41, 5.74) is 3.28. The standard InChI is InChI=1S/C25H25Cl2NO4S/c1-4-32-25(29)20-9-7-19(8-10-20)15-28(16-21-11-12-22(26)14-23(21)27)33(30,31)24-13-17(2)5-6-18(24)3/h5-14H,4,15-16H2,1-3H3. The molecule has 0 heterocycles. The molecule has 0 aliphatic rings. The maximum Gasteiger partial charge on any atom is 0.338 e. The summed E-state index contributed by atoms with van der Waals surface area (Å²) >= 11 is 12.4. The molecule has 0 radical (unpaired) electrons. The molecule has 0 unspecified atom stereocenters. The normalized spacial score (nSPS) is 11.6. The van der Waals surface area contributed by atoms with E-state index in [1.54, 1.807) is 68.4 Å². The summed E-state index contributed by atoms with van der Waals surface area (Å²) in [6.07, 6.45) is 0. The van der Waals surface area contributed by atoms with Gasteiger partial charge in [0.05, 0.1) is 17.1 Å². The number of hydrogen-bond acceptors (Lipinski definition) is 4. The number of halogens is 2. The summed E-state index contributed by atoms with van der Waals surface area (Å²) in [5, 5.41) is 0.864. The lowest BCUT2D eigenvalue weighted by molar-refractivity contribution is 0.0526. The Labute approximate surface area is 205 Å². The van der Waals surface area contributed by atoms with Crippen molar-refractivity contribution in [1.29, 1.82) is 0 Å². The lowest BCUT2D eigenvalue weighted by atomic mass is 10.1. The van der Waals surface area contributed by atoms with Crippen molar-refractivity contribution in [3.8, 4) is 0 Å². The average Bonchev–Trinajstić information content (AvgIpc) is 2.77. The minimum Gasteiger partial charge on any atom is -0.462 e. The minimum atomic E-state index is -3.86. The van der Waals surface area contributed by atoms with Crippen LogP contribution in [-0.4, -0.2) is 25.3 Å². The SMILES string of the molecule is CCOC(=O)c1ccc(CN(Cc2ccc(Cl)cc2Cl)S(=O)(=O)c2cc(C)ccc2C)cc1. The van der Waals surface area contributed by atoms with E-state index in [-0.39, 0.29) is 24.6 Å². The van der Waals surface area contributed by atoms with Gasteiger partial charge in [-0.25, -0.2) is 13.2 Å². The zero-order chi connectivity index (χ0) is 24.2. The van der Waals surface area contributed by atoms with Gasteiger partial charge in [-0.15, -0.1) is 0 Å². The van der Waals surface area contributed by atoms with E-state index in [4.69, 9.17) is 27.9 Å². The monoisotopic (exact) mass is 505 g/mol. The maximum atomic E-state index is 13.7. The van der Waals surface area contributed by atoms with E-state index < -0.39 is 16.0 Å². The molecule has 0 aliphatic carbocycles. The molecule has 3 aromatic carbocycles. The molecule has 0 saturated carbocycles. The van der Waals surface area contributed by atoms with Crippen LogP contribution >= 0.6 is 23.2 Å². The Balaban J connectivity index is 2.00. The van der Waals surface area contributed by atoms with Crippen molar-refractivity contribution in [3.63, 3.8) is 0 Å². The summed E-state index contributed by atoms with van der Waals surface area (Å²) in [4.78, 5) is 12.2. The molecular formula is C25H25Cl2NO4S. The van der Waals surface area contributed by atoms with E-state index in [0.717, 1.165) is 11.1 Å². The van der Waals surface area contributed by atoms with E-state index >= 15 is 0 Å². The number of esters is 1. The second-order valence-corrected chi connectivity index (χ2v) is 10.4. The third kappa shape index (κ3) is 6.15. The number of carbonyl (C=O) groups excluding carboxylic acids is 1. The number of carbonyl (C=O) groups is 1. The van der Waals surface area contributed by atoms with Crippen LogP contribution in [0.1, 0.15) is 39.5 Å². The molecule has 3 rings (SSSR count). The Morgan fingerprint density at radius 2 is 1.64 bits per heavy atom. The van der Waals surface area contributed by atoms with Crippen LogP contribution in [0.15, 0.2) is 65.6 Å².